The maximum atomic E-state index is 12.6. The summed E-state index contributed by atoms with van der Waals surface area (Å²) in [6.07, 6.45) is 0.0541. The molecule has 1 fully saturated rings. The number of methoxy groups -OCH3 is 3. The molecule has 8 heteroatoms. The molecule has 0 saturated carbocycles. The second-order valence-electron chi connectivity index (χ2n) is 5.96. The van der Waals surface area contributed by atoms with Gasteiger partial charge in [-0.05, 0) is 6.07 Å². The Morgan fingerprint density at radius 3 is 2.15 bits per heavy atom. The number of benzene rings is 1. The highest BCUT2D eigenvalue weighted by molar-refractivity contribution is 6.01. The van der Waals surface area contributed by atoms with E-state index in [2.05, 4.69) is 0 Å². The topological polar surface area (TPSA) is 85.4 Å². The Morgan fingerprint density at radius 2 is 1.58 bits per heavy atom. The van der Waals surface area contributed by atoms with Gasteiger partial charge in [0.05, 0.1) is 33.4 Å². The largest absolute Gasteiger partial charge is 0.496 e. The third-order valence-electron chi connectivity index (χ3n) is 4.38. The van der Waals surface area contributed by atoms with Gasteiger partial charge in [-0.1, -0.05) is 0 Å². The summed E-state index contributed by atoms with van der Waals surface area (Å²) in [6.45, 7) is 1.04. The number of amides is 2. The van der Waals surface area contributed by atoms with Crippen molar-refractivity contribution in [3.8, 4) is 17.2 Å². The molecule has 0 aliphatic carbocycles. The van der Waals surface area contributed by atoms with Gasteiger partial charge in [0.1, 0.15) is 5.75 Å². The van der Waals surface area contributed by atoms with E-state index in [0.717, 1.165) is 0 Å². The van der Waals surface area contributed by atoms with Crippen LogP contribution in [0, 0.1) is 0 Å². The Morgan fingerprint density at radius 1 is 0.962 bits per heavy atom. The average Bonchev–Trinajstić information content (AvgIpc) is 2.66. The molecule has 0 aromatic heterocycles. The predicted octanol–water partition coefficient (Wildman–Crippen LogP) is 0.976. The Bertz CT molecular complexity index is 703. The monoisotopic (exact) mass is 364 g/mol. The summed E-state index contributed by atoms with van der Waals surface area (Å²) in [6, 6.07) is 3.12. The van der Waals surface area contributed by atoms with E-state index in [9.17, 15) is 14.4 Å². The molecule has 1 aliphatic rings. The number of Topliss-reactive ketones (excluding diaryl/α,β-unsaturated/α-hetero) is 1. The van der Waals surface area contributed by atoms with E-state index in [1.807, 2.05) is 0 Å². The number of hydrogen-bond acceptors (Lipinski definition) is 6. The van der Waals surface area contributed by atoms with E-state index in [1.54, 1.807) is 24.1 Å². The van der Waals surface area contributed by atoms with Crippen molar-refractivity contribution in [2.24, 2.45) is 0 Å². The number of ketones is 1. The summed E-state index contributed by atoms with van der Waals surface area (Å²) in [5, 5.41) is 0. The van der Waals surface area contributed by atoms with E-state index in [-0.39, 0.29) is 37.0 Å². The zero-order chi connectivity index (χ0) is 19.3. The first-order valence-corrected chi connectivity index (χ1v) is 8.26. The summed E-state index contributed by atoms with van der Waals surface area (Å²) in [5.74, 6) is 0.670. The maximum absolute atomic E-state index is 12.6. The zero-order valence-corrected chi connectivity index (χ0v) is 15.5. The first kappa shape index (κ1) is 19.6. The number of rotatable bonds is 7. The minimum Gasteiger partial charge on any atom is -0.496 e. The Labute approximate surface area is 152 Å². The van der Waals surface area contributed by atoms with Gasteiger partial charge in [-0.25, -0.2) is 0 Å². The second-order valence-corrected chi connectivity index (χ2v) is 5.96. The van der Waals surface area contributed by atoms with Crippen molar-refractivity contribution in [1.82, 2.24) is 9.80 Å². The van der Waals surface area contributed by atoms with Crippen molar-refractivity contribution >= 4 is 17.6 Å². The molecule has 1 aromatic rings. The zero-order valence-electron chi connectivity index (χ0n) is 15.5. The van der Waals surface area contributed by atoms with Crippen molar-refractivity contribution in [2.75, 3.05) is 48.0 Å². The fourth-order valence-electron chi connectivity index (χ4n) is 2.73. The molecule has 0 spiro atoms. The first-order chi connectivity index (χ1) is 12.4. The van der Waals surface area contributed by atoms with Crippen LogP contribution in [-0.4, -0.2) is 75.4 Å². The minimum atomic E-state index is -0.239. The third kappa shape index (κ3) is 4.25. The lowest BCUT2D eigenvalue weighted by molar-refractivity contribution is -0.144. The number of hydrogen-bond donors (Lipinski definition) is 0. The predicted molar refractivity (Wildman–Crippen MR) is 93.9 cm³/mol. The van der Waals surface area contributed by atoms with Gasteiger partial charge in [-0.3, -0.25) is 14.4 Å². The molecule has 1 aromatic carbocycles. The number of carbonyl (C=O) groups excluding carboxylic acids is 3. The van der Waals surface area contributed by atoms with Crippen molar-refractivity contribution in [1.29, 1.82) is 0 Å². The number of piperazine rings is 1. The van der Waals surface area contributed by atoms with Gasteiger partial charge >= 0.3 is 0 Å². The second kappa shape index (κ2) is 8.55. The fraction of sp³-hybridized carbons (Fsp3) is 0.500. The summed E-state index contributed by atoms with van der Waals surface area (Å²) in [7, 11) is 6.14. The lowest BCUT2D eigenvalue weighted by atomic mass is 10.0. The van der Waals surface area contributed by atoms with Crippen molar-refractivity contribution in [3.63, 3.8) is 0 Å². The van der Waals surface area contributed by atoms with Crippen LogP contribution >= 0.6 is 0 Å². The Balaban J connectivity index is 2.05. The van der Waals surface area contributed by atoms with Gasteiger partial charge in [-0.15, -0.1) is 0 Å². The van der Waals surface area contributed by atoms with Gasteiger partial charge in [0.2, 0.25) is 11.8 Å². The van der Waals surface area contributed by atoms with Crippen molar-refractivity contribution < 1.29 is 28.6 Å². The molecule has 0 unspecified atom stereocenters. The maximum Gasteiger partial charge on any atom is 0.241 e. The molecule has 2 amide bonds. The Kier molecular flexibility index (Phi) is 6.43. The van der Waals surface area contributed by atoms with E-state index >= 15 is 0 Å². The van der Waals surface area contributed by atoms with Crippen LogP contribution in [0.1, 0.15) is 23.2 Å². The van der Waals surface area contributed by atoms with Gasteiger partial charge in [0, 0.05) is 39.0 Å². The van der Waals surface area contributed by atoms with Crippen LogP contribution in [0.25, 0.3) is 0 Å². The summed E-state index contributed by atoms with van der Waals surface area (Å²) >= 11 is 0. The molecule has 0 bridgehead atoms. The van der Waals surface area contributed by atoms with Crippen LogP contribution < -0.4 is 14.2 Å². The molecule has 26 heavy (non-hydrogen) atoms. The molecule has 1 saturated heterocycles. The molecule has 0 atom stereocenters. The quantitative estimate of drug-likeness (QED) is 0.671. The van der Waals surface area contributed by atoms with E-state index in [1.165, 1.54) is 26.2 Å². The van der Waals surface area contributed by atoms with Gasteiger partial charge in [0.25, 0.3) is 0 Å². The van der Waals surface area contributed by atoms with Crippen molar-refractivity contribution in [2.45, 2.75) is 12.8 Å². The minimum absolute atomic E-state index is 0.0191. The molecule has 0 radical (unpaired) electrons. The van der Waals surface area contributed by atoms with Crippen LogP contribution in [0.2, 0.25) is 0 Å². The fourth-order valence-corrected chi connectivity index (χ4v) is 2.73. The van der Waals surface area contributed by atoms with E-state index < -0.39 is 0 Å². The molecule has 0 N–H and O–H groups in total. The highest BCUT2D eigenvalue weighted by Crippen LogP contribution is 2.35. The lowest BCUT2D eigenvalue weighted by Crippen LogP contribution is -2.50. The van der Waals surface area contributed by atoms with Crippen molar-refractivity contribution in [3.05, 3.63) is 17.7 Å². The van der Waals surface area contributed by atoms with Gasteiger partial charge < -0.3 is 24.0 Å². The average molecular weight is 364 g/mol. The summed E-state index contributed by atoms with van der Waals surface area (Å²) in [4.78, 5) is 39.6. The molecule has 1 aliphatic heterocycles. The molecule has 2 rings (SSSR count). The molecule has 142 valence electrons. The van der Waals surface area contributed by atoms with Crippen LogP contribution in [0.3, 0.4) is 0 Å². The highest BCUT2D eigenvalue weighted by atomic mass is 16.5. The number of likely N-dealkylation sites (N-methyl/N-ethyl adjacent to an activating group) is 1. The summed E-state index contributed by atoms with van der Waals surface area (Å²) in [5.41, 5.74) is 0.326. The number of carbonyl (C=O) groups is 3. The third-order valence-corrected chi connectivity index (χ3v) is 4.38. The van der Waals surface area contributed by atoms with Gasteiger partial charge in [-0.2, -0.15) is 0 Å². The molecular weight excluding hydrogens is 340 g/mol. The van der Waals surface area contributed by atoms with Gasteiger partial charge in [0.15, 0.2) is 17.3 Å². The van der Waals surface area contributed by atoms with Crippen LogP contribution in [0.4, 0.5) is 0 Å². The number of nitrogens with zero attached hydrogens (tertiary/aromatic N) is 2. The normalized spacial score (nSPS) is 14.2. The summed E-state index contributed by atoms with van der Waals surface area (Å²) < 4.78 is 15.7. The highest BCUT2D eigenvalue weighted by Gasteiger charge is 2.25. The smallest absolute Gasteiger partial charge is 0.241 e. The Hall–Kier alpha value is -2.77. The van der Waals surface area contributed by atoms with E-state index in [4.69, 9.17) is 14.2 Å². The first-order valence-electron chi connectivity index (χ1n) is 8.26. The van der Waals surface area contributed by atoms with Crippen LogP contribution in [0.15, 0.2) is 12.1 Å². The van der Waals surface area contributed by atoms with E-state index in [0.29, 0.717) is 35.9 Å². The number of ether oxygens (including phenoxy) is 3. The van der Waals surface area contributed by atoms with Crippen LogP contribution in [0.5, 0.6) is 17.2 Å². The molecule has 8 nitrogen and oxygen atoms in total. The molecular formula is C18H24N2O6. The molecule has 1 heterocycles. The lowest BCUT2D eigenvalue weighted by Gasteiger charge is -2.32. The SMILES string of the molecule is COc1cc(OC)c(C(=O)CCC(=O)N2CCN(C)C(=O)C2)cc1OC. The standard InChI is InChI=1S/C18H24N2O6/c1-19-7-8-20(11-18(19)23)17(22)6-5-13(21)12-9-15(25-3)16(26-4)10-14(12)24-2/h9-10H,5-8,11H2,1-4H3. The van der Waals surface area contributed by atoms with Crippen LogP contribution in [-0.2, 0) is 9.59 Å².